The Morgan fingerprint density at radius 3 is 2.25 bits per heavy atom. The van der Waals surface area contributed by atoms with Crippen LogP contribution >= 0.6 is 7.60 Å². The fourth-order valence-corrected chi connectivity index (χ4v) is 5.68. The smallest absolute Gasteiger partial charge is 0.335 e. The quantitative estimate of drug-likeness (QED) is 0.349. The molecule has 0 atom stereocenters. The standard InChI is InChI=1S/C22H22NO4P/c1-3-26-28(25,27-4-2)13-14-12-19(23)21-16-8-5-6-9-17(16)22(24)18-11-7-10-15(14)20(18)21/h5-12H,3-4,13,23H2,1-2H3. The molecule has 3 aromatic rings. The molecule has 1 aliphatic carbocycles. The zero-order valence-corrected chi connectivity index (χ0v) is 16.8. The maximum absolute atomic E-state index is 13.1. The molecule has 0 fully saturated rings. The maximum Gasteiger partial charge on any atom is 0.335 e. The predicted octanol–water partition coefficient (Wildman–Crippen LogP) is 5.40. The molecule has 0 unspecified atom stereocenters. The molecule has 0 spiro atoms. The Balaban J connectivity index is 1.98. The summed E-state index contributed by atoms with van der Waals surface area (Å²) in [5, 5.41) is 1.66. The maximum atomic E-state index is 13.1. The van der Waals surface area contributed by atoms with Crippen molar-refractivity contribution in [3.8, 4) is 11.1 Å². The third-order valence-corrected chi connectivity index (χ3v) is 7.01. The normalized spacial score (nSPS) is 13.0. The monoisotopic (exact) mass is 395 g/mol. The Labute approximate surface area is 164 Å². The molecular weight excluding hydrogens is 373 g/mol. The Bertz CT molecular complexity index is 1130. The van der Waals surface area contributed by atoms with Gasteiger partial charge in [0.1, 0.15) is 0 Å². The largest absolute Gasteiger partial charge is 0.398 e. The molecule has 4 rings (SSSR count). The van der Waals surface area contributed by atoms with Crippen molar-refractivity contribution in [2.75, 3.05) is 18.9 Å². The van der Waals surface area contributed by atoms with E-state index in [-0.39, 0.29) is 11.9 Å². The number of fused-ring (bicyclic) bond motifs is 2. The fourth-order valence-electron chi connectivity index (χ4n) is 3.96. The SMILES string of the molecule is CCOP(=O)(Cc1cc(N)c2c3c(cccc13)C(=O)c1ccccc1-2)OCC. The highest BCUT2D eigenvalue weighted by atomic mass is 31.2. The minimum atomic E-state index is -3.31. The van der Waals surface area contributed by atoms with Crippen LogP contribution in [-0.2, 0) is 19.8 Å². The highest BCUT2D eigenvalue weighted by Gasteiger charge is 2.30. The fraction of sp³-hybridized carbons (Fsp3) is 0.227. The molecule has 5 nitrogen and oxygen atoms in total. The minimum Gasteiger partial charge on any atom is -0.398 e. The first kappa shape index (κ1) is 18.9. The van der Waals surface area contributed by atoms with Gasteiger partial charge in [0.25, 0.3) is 0 Å². The van der Waals surface area contributed by atoms with Gasteiger partial charge in [-0.15, -0.1) is 0 Å². The number of ketones is 1. The summed E-state index contributed by atoms with van der Waals surface area (Å²) in [5.74, 6) is -0.0250. The summed E-state index contributed by atoms with van der Waals surface area (Å²) in [4.78, 5) is 13.1. The van der Waals surface area contributed by atoms with E-state index in [1.807, 2.05) is 48.5 Å². The zero-order chi connectivity index (χ0) is 19.9. The van der Waals surface area contributed by atoms with E-state index >= 15 is 0 Å². The Morgan fingerprint density at radius 1 is 0.929 bits per heavy atom. The summed E-state index contributed by atoms with van der Waals surface area (Å²) >= 11 is 0. The van der Waals surface area contributed by atoms with Gasteiger partial charge in [-0.05, 0) is 36.4 Å². The number of carbonyl (C=O) groups is 1. The van der Waals surface area contributed by atoms with Crippen molar-refractivity contribution in [1.82, 2.24) is 0 Å². The van der Waals surface area contributed by atoms with E-state index < -0.39 is 7.60 Å². The molecule has 2 N–H and O–H groups in total. The van der Waals surface area contributed by atoms with Gasteiger partial charge in [-0.1, -0.05) is 42.5 Å². The van der Waals surface area contributed by atoms with E-state index in [0.29, 0.717) is 30.0 Å². The molecule has 0 aliphatic heterocycles. The average Bonchev–Trinajstić information content (AvgIpc) is 2.67. The van der Waals surface area contributed by atoms with Crippen molar-refractivity contribution in [1.29, 1.82) is 0 Å². The van der Waals surface area contributed by atoms with Gasteiger partial charge in [0.15, 0.2) is 5.78 Å². The van der Waals surface area contributed by atoms with Crippen LogP contribution in [0.3, 0.4) is 0 Å². The number of anilines is 1. The Hall–Kier alpha value is -2.46. The number of carbonyl (C=O) groups excluding carboxylic acids is 1. The molecule has 0 saturated carbocycles. The number of hydrogen-bond donors (Lipinski definition) is 1. The summed E-state index contributed by atoms with van der Waals surface area (Å²) in [6.45, 7) is 4.15. The van der Waals surface area contributed by atoms with E-state index in [1.54, 1.807) is 13.8 Å². The lowest BCUT2D eigenvalue weighted by Crippen LogP contribution is -2.12. The molecule has 0 saturated heterocycles. The van der Waals surface area contributed by atoms with Gasteiger partial charge in [-0.2, -0.15) is 0 Å². The molecular formula is C22H22NO4P. The highest BCUT2D eigenvalue weighted by Crippen LogP contribution is 2.53. The van der Waals surface area contributed by atoms with Crippen molar-refractivity contribution in [3.05, 3.63) is 65.2 Å². The van der Waals surface area contributed by atoms with E-state index in [4.69, 9.17) is 14.8 Å². The molecule has 0 bridgehead atoms. The second kappa shape index (κ2) is 7.17. The Morgan fingerprint density at radius 2 is 1.57 bits per heavy atom. The number of benzene rings is 3. The molecule has 1 aliphatic rings. The van der Waals surface area contributed by atoms with Crippen LogP contribution in [0.1, 0.15) is 35.3 Å². The van der Waals surface area contributed by atoms with Crippen LogP contribution in [-0.4, -0.2) is 19.0 Å². The van der Waals surface area contributed by atoms with Crippen molar-refractivity contribution in [3.63, 3.8) is 0 Å². The molecule has 144 valence electrons. The van der Waals surface area contributed by atoms with Crippen LogP contribution in [0.5, 0.6) is 0 Å². The molecule has 6 heteroatoms. The number of nitrogens with two attached hydrogens (primary N) is 1. The second-order valence-electron chi connectivity index (χ2n) is 6.71. The van der Waals surface area contributed by atoms with Crippen LogP contribution in [0, 0.1) is 0 Å². The molecule has 28 heavy (non-hydrogen) atoms. The molecule has 0 heterocycles. The minimum absolute atomic E-state index is 0.0250. The van der Waals surface area contributed by atoms with E-state index in [9.17, 15) is 9.36 Å². The topological polar surface area (TPSA) is 78.6 Å². The first-order valence-electron chi connectivity index (χ1n) is 9.35. The van der Waals surface area contributed by atoms with Gasteiger partial charge < -0.3 is 14.8 Å². The van der Waals surface area contributed by atoms with Crippen LogP contribution < -0.4 is 5.73 Å². The molecule has 0 amide bonds. The van der Waals surface area contributed by atoms with Crippen molar-refractivity contribution in [2.45, 2.75) is 20.0 Å². The van der Waals surface area contributed by atoms with Gasteiger partial charge in [0.05, 0.1) is 19.4 Å². The van der Waals surface area contributed by atoms with Crippen molar-refractivity contribution >= 4 is 29.8 Å². The van der Waals surface area contributed by atoms with Gasteiger partial charge in [-0.25, -0.2) is 0 Å². The van der Waals surface area contributed by atoms with Crippen LogP contribution in [0.15, 0.2) is 48.5 Å². The summed E-state index contributed by atoms with van der Waals surface area (Å²) < 4.78 is 24.0. The highest BCUT2D eigenvalue weighted by molar-refractivity contribution is 7.53. The second-order valence-corrected chi connectivity index (χ2v) is 8.76. The number of hydrogen-bond acceptors (Lipinski definition) is 5. The third kappa shape index (κ3) is 2.96. The zero-order valence-electron chi connectivity index (χ0n) is 15.9. The third-order valence-electron chi connectivity index (χ3n) is 4.98. The molecule has 3 aromatic carbocycles. The molecule has 0 radical (unpaired) electrons. The lowest BCUT2D eigenvalue weighted by Gasteiger charge is -2.24. The molecule has 0 aromatic heterocycles. The Kier molecular flexibility index (Phi) is 4.84. The van der Waals surface area contributed by atoms with Gasteiger partial charge in [0, 0.05) is 27.8 Å². The van der Waals surface area contributed by atoms with Crippen LogP contribution in [0.4, 0.5) is 5.69 Å². The summed E-state index contributed by atoms with van der Waals surface area (Å²) in [6.07, 6.45) is 0.106. The van der Waals surface area contributed by atoms with Gasteiger partial charge >= 0.3 is 7.60 Å². The van der Waals surface area contributed by atoms with Gasteiger partial charge in [-0.3, -0.25) is 9.36 Å². The van der Waals surface area contributed by atoms with Gasteiger partial charge in [0.2, 0.25) is 0 Å². The van der Waals surface area contributed by atoms with E-state index in [2.05, 4.69) is 0 Å². The van der Waals surface area contributed by atoms with Crippen molar-refractivity contribution < 1.29 is 18.4 Å². The number of rotatable bonds is 6. The lowest BCUT2D eigenvalue weighted by molar-refractivity contribution is 0.104. The summed E-state index contributed by atoms with van der Waals surface area (Å²) in [6, 6.07) is 14.9. The first-order chi connectivity index (χ1) is 13.5. The predicted molar refractivity (Wildman–Crippen MR) is 112 cm³/mol. The average molecular weight is 395 g/mol. The first-order valence-corrected chi connectivity index (χ1v) is 11.1. The van der Waals surface area contributed by atoms with Crippen LogP contribution in [0.2, 0.25) is 0 Å². The number of nitrogen functional groups attached to an aromatic ring is 1. The lowest BCUT2D eigenvalue weighted by atomic mass is 9.81. The van der Waals surface area contributed by atoms with E-state index in [0.717, 1.165) is 27.5 Å². The summed E-state index contributed by atoms with van der Waals surface area (Å²) in [7, 11) is -3.31. The van der Waals surface area contributed by atoms with Crippen LogP contribution in [0.25, 0.3) is 21.9 Å². The van der Waals surface area contributed by atoms with Crippen molar-refractivity contribution in [2.24, 2.45) is 0 Å². The summed E-state index contributed by atoms with van der Waals surface area (Å²) in [5.41, 5.74) is 10.7. The van der Waals surface area contributed by atoms with E-state index in [1.165, 1.54) is 0 Å².